The maximum absolute atomic E-state index is 6.23. The molecule has 0 fully saturated rings. The first kappa shape index (κ1) is 13.6. The molecule has 1 heteroatoms. The van der Waals surface area contributed by atoms with Crippen molar-refractivity contribution in [2.24, 2.45) is 0 Å². The van der Waals surface area contributed by atoms with E-state index in [4.69, 9.17) is 11.6 Å². The van der Waals surface area contributed by atoms with Gasteiger partial charge in [-0.1, -0.05) is 53.1 Å². The van der Waals surface area contributed by atoms with Crippen LogP contribution in [0.5, 0.6) is 0 Å². The van der Waals surface area contributed by atoms with Crippen LogP contribution in [-0.2, 0) is 10.8 Å². The van der Waals surface area contributed by atoms with E-state index >= 15 is 0 Å². The predicted molar refractivity (Wildman–Crippen MR) is 73.6 cm³/mol. The smallest absolute Gasteiger partial charge is 0.0412 e. The van der Waals surface area contributed by atoms with Gasteiger partial charge in [-0.3, -0.25) is 0 Å². The molecule has 0 aliphatic rings. The Kier molecular flexibility index (Phi) is 3.45. The third-order valence-corrected chi connectivity index (χ3v) is 3.21. The van der Waals surface area contributed by atoms with E-state index in [-0.39, 0.29) is 10.8 Å². The number of hydrogen-bond donors (Lipinski definition) is 0. The molecular formula is C15H23Cl. The van der Waals surface area contributed by atoms with Crippen molar-refractivity contribution >= 4 is 11.6 Å². The molecule has 0 aliphatic heterocycles. The average molecular weight is 239 g/mol. The minimum absolute atomic E-state index is 0.148. The van der Waals surface area contributed by atoms with Crippen molar-refractivity contribution in [3.63, 3.8) is 0 Å². The molecule has 1 aromatic carbocycles. The molecule has 0 saturated carbocycles. The first-order valence-electron chi connectivity index (χ1n) is 5.84. The number of halogens is 1. The van der Waals surface area contributed by atoms with Crippen molar-refractivity contribution in [1.29, 1.82) is 0 Å². The lowest BCUT2D eigenvalue weighted by atomic mass is 9.77. The zero-order chi connectivity index (χ0) is 12.7. The van der Waals surface area contributed by atoms with Gasteiger partial charge in [-0.15, -0.1) is 0 Å². The lowest BCUT2D eigenvalue weighted by molar-refractivity contribution is 0.561. The predicted octanol–water partition coefficient (Wildman–Crippen LogP) is 5.24. The minimum atomic E-state index is 0.148. The summed E-state index contributed by atoms with van der Waals surface area (Å²) in [6, 6.07) is 4.21. The molecular weight excluding hydrogens is 216 g/mol. The zero-order valence-electron chi connectivity index (χ0n) is 11.5. The lowest BCUT2D eigenvalue weighted by Gasteiger charge is -2.29. The Labute approximate surface area is 105 Å². The highest BCUT2D eigenvalue weighted by atomic mass is 35.5. The molecule has 0 heterocycles. The summed E-state index contributed by atoms with van der Waals surface area (Å²) in [5.74, 6) is 0. The maximum atomic E-state index is 6.23. The monoisotopic (exact) mass is 238 g/mol. The summed E-state index contributed by atoms with van der Waals surface area (Å²) in [4.78, 5) is 0. The molecule has 0 unspecified atom stereocenters. The summed E-state index contributed by atoms with van der Waals surface area (Å²) in [7, 11) is 0. The van der Waals surface area contributed by atoms with Gasteiger partial charge in [-0.2, -0.15) is 0 Å². The second kappa shape index (κ2) is 4.07. The van der Waals surface area contributed by atoms with Crippen LogP contribution >= 0.6 is 11.6 Å². The molecule has 0 atom stereocenters. The van der Waals surface area contributed by atoms with Crippen molar-refractivity contribution in [3.8, 4) is 0 Å². The van der Waals surface area contributed by atoms with E-state index in [2.05, 4.69) is 60.6 Å². The average Bonchev–Trinajstić information content (AvgIpc) is 2.04. The van der Waals surface area contributed by atoms with E-state index in [9.17, 15) is 0 Å². The molecule has 0 spiro atoms. The van der Waals surface area contributed by atoms with Gasteiger partial charge in [0.25, 0.3) is 0 Å². The van der Waals surface area contributed by atoms with Crippen molar-refractivity contribution in [2.75, 3.05) is 0 Å². The summed E-state index contributed by atoms with van der Waals surface area (Å²) in [5.41, 5.74) is 4.38. The SMILES string of the molecule is Cc1c(C(C)(C)C)cc(Cl)cc1C(C)(C)C. The van der Waals surface area contributed by atoms with Crippen molar-refractivity contribution in [1.82, 2.24) is 0 Å². The Morgan fingerprint density at radius 2 is 1.12 bits per heavy atom. The molecule has 0 aliphatic carbocycles. The summed E-state index contributed by atoms with van der Waals surface area (Å²) in [6.45, 7) is 15.6. The Morgan fingerprint density at radius 1 is 0.812 bits per heavy atom. The molecule has 0 amide bonds. The van der Waals surface area contributed by atoms with Crippen LogP contribution in [-0.4, -0.2) is 0 Å². The maximum Gasteiger partial charge on any atom is 0.0412 e. The van der Waals surface area contributed by atoms with Crippen LogP contribution in [0.4, 0.5) is 0 Å². The van der Waals surface area contributed by atoms with Crippen LogP contribution in [0.2, 0.25) is 5.02 Å². The fourth-order valence-electron chi connectivity index (χ4n) is 2.24. The van der Waals surface area contributed by atoms with E-state index in [1.165, 1.54) is 16.7 Å². The fraction of sp³-hybridized carbons (Fsp3) is 0.600. The Balaban J connectivity index is 3.51. The van der Waals surface area contributed by atoms with Gasteiger partial charge in [0.1, 0.15) is 0 Å². The van der Waals surface area contributed by atoms with Crippen LogP contribution < -0.4 is 0 Å². The van der Waals surface area contributed by atoms with E-state index in [0.717, 1.165) is 5.02 Å². The van der Waals surface area contributed by atoms with E-state index in [1.807, 2.05) is 0 Å². The first-order valence-corrected chi connectivity index (χ1v) is 6.22. The van der Waals surface area contributed by atoms with Gasteiger partial charge >= 0.3 is 0 Å². The van der Waals surface area contributed by atoms with Crippen molar-refractivity contribution in [3.05, 3.63) is 33.8 Å². The van der Waals surface area contributed by atoms with Gasteiger partial charge in [-0.05, 0) is 46.6 Å². The molecule has 90 valence electrons. The molecule has 0 bridgehead atoms. The van der Waals surface area contributed by atoms with Gasteiger partial charge in [0.2, 0.25) is 0 Å². The van der Waals surface area contributed by atoms with Gasteiger partial charge in [0.05, 0.1) is 0 Å². The van der Waals surface area contributed by atoms with Crippen LogP contribution in [0.1, 0.15) is 58.2 Å². The zero-order valence-corrected chi connectivity index (χ0v) is 12.3. The van der Waals surface area contributed by atoms with E-state index in [0.29, 0.717) is 0 Å². The van der Waals surface area contributed by atoms with Gasteiger partial charge in [-0.25, -0.2) is 0 Å². The standard InChI is InChI=1S/C15H23Cl/c1-10-12(14(2,3)4)8-11(16)9-13(10)15(5,6)7/h8-9H,1-7H3. The molecule has 16 heavy (non-hydrogen) atoms. The largest absolute Gasteiger partial charge is 0.0843 e. The molecule has 0 N–H and O–H groups in total. The van der Waals surface area contributed by atoms with Gasteiger partial charge in [0.15, 0.2) is 0 Å². The van der Waals surface area contributed by atoms with Crippen molar-refractivity contribution < 1.29 is 0 Å². The molecule has 0 saturated heterocycles. The molecule has 1 rings (SSSR count). The van der Waals surface area contributed by atoms with Crippen LogP contribution in [0.15, 0.2) is 12.1 Å². The highest BCUT2D eigenvalue weighted by molar-refractivity contribution is 6.30. The fourth-order valence-corrected chi connectivity index (χ4v) is 2.46. The lowest BCUT2D eigenvalue weighted by Crippen LogP contribution is -2.19. The normalized spacial score (nSPS) is 13.0. The quantitative estimate of drug-likeness (QED) is 0.580. The van der Waals surface area contributed by atoms with Gasteiger partial charge in [0, 0.05) is 5.02 Å². The summed E-state index contributed by atoms with van der Waals surface area (Å²) in [5, 5.41) is 0.848. The van der Waals surface area contributed by atoms with Crippen LogP contribution in [0.3, 0.4) is 0 Å². The second-order valence-corrected chi connectivity index (χ2v) is 7.06. The number of rotatable bonds is 0. The minimum Gasteiger partial charge on any atom is -0.0843 e. The first-order chi connectivity index (χ1) is 7.03. The van der Waals surface area contributed by atoms with Crippen molar-refractivity contribution in [2.45, 2.75) is 59.3 Å². The summed E-state index contributed by atoms with van der Waals surface area (Å²) in [6.07, 6.45) is 0. The Bertz CT molecular complexity index is 354. The van der Waals surface area contributed by atoms with E-state index in [1.54, 1.807) is 0 Å². The summed E-state index contributed by atoms with van der Waals surface area (Å²) >= 11 is 6.23. The van der Waals surface area contributed by atoms with Gasteiger partial charge < -0.3 is 0 Å². The highest BCUT2D eigenvalue weighted by Gasteiger charge is 2.23. The van der Waals surface area contributed by atoms with E-state index < -0.39 is 0 Å². The molecule has 1 aromatic rings. The summed E-state index contributed by atoms with van der Waals surface area (Å²) < 4.78 is 0. The third kappa shape index (κ3) is 2.79. The molecule has 0 nitrogen and oxygen atoms in total. The topological polar surface area (TPSA) is 0 Å². The number of hydrogen-bond acceptors (Lipinski definition) is 0. The second-order valence-electron chi connectivity index (χ2n) is 6.63. The highest BCUT2D eigenvalue weighted by Crippen LogP contribution is 2.35. The molecule has 0 radical (unpaired) electrons. The van der Waals surface area contributed by atoms with Crippen LogP contribution in [0, 0.1) is 6.92 Å². The third-order valence-electron chi connectivity index (χ3n) is 2.99. The number of benzene rings is 1. The Hall–Kier alpha value is -0.490. The Morgan fingerprint density at radius 3 is 1.38 bits per heavy atom. The molecule has 0 aromatic heterocycles. The van der Waals surface area contributed by atoms with Crippen LogP contribution in [0.25, 0.3) is 0 Å².